The first-order valence-corrected chi connectivity index (χ1v) is 9.06. The molecule has 0 atom stereocenters. The molecule has 0 aromatic rings. The van der Waals surface area contributed by atoms with Crippen LogP contribution >= 0.6 is 11.8 Å². The Labute approximate surface area is 120 Å². The van der Waals surface area contributed by atoms with Gasteiger partial charge in [0.25, 0.3) is 0 Å². The van der Waals surface area contributed by atoms with Crippen LogP contribution in [0, 0.1) is 0 Å². The Hall–Kier alpha value is 0.310. The summed E-state index contributed by atoms with van der Waals surface area (Å²) < 4.78 is 0.369. The molecule has 0 aromatic heterocycles. The summed E-state index contributed by atoms with van der Waals surface area (Å²) in [6.45, 7) is 10.4. The average Bonchev–Trinajstić information content (AvgIpc) is 2.36. The van der Waals surface area contributed by atoms with E-state index in [2.05, 4.69) is 39.3 Å². The van der Waals surface area contributed by atoms with Crippen LogP contribution in [0.2, 0.25) is 0 Å². The zero-order valence-electron chi connectivity index (χ0n) is 13.3. The normalized spacial score (nSPS) is 12.3. The van der Waals surface area contributed by atoms with Crippen LogP contribution in [0.3, 0.4) is 0 Å². The standard InChI is InChI=1S/C16H35NS/c1-6-8-10-12-15(13-11-9-7-2)17-14-16(3,4)18-5/h15,17H,6-14H2,1-5H3. The van der Waals surface area contributed by atoms with E-state index in [-0.39, 0.29) is 0 Å². The number of thioether (sulfide) groups is 1. The van der Waals surface area contributed by atoms with Crippen molar-refractivity contribution in [2.24, 2.45) is 0 Å². The molecule has 0 heterocycles. The SMILES string of the molecule is CCCCCC(CCCCC)NCC(C)(C)SC. The van der Waals surface area contributed by atoms with E-state index in [9.17, 15) is 0 Å². The van der Waals surface area contributed by atoms with Gasteiger partial charge in [-0.3, -0.25) is 0 Å². The molecule has 0 aliphatic rings. The Kier molecular flexibility index (Phi) is 11.4. The quantitative estimate of drug-likeness (QED) is 0.488. The topological polar surface area (TPSA) is 12.0 Å². The molecule has 0 unspecified atom stereocenters. The number of unbranched alkanes of at least 4 members (excludes halogenated alkanes) is 4. The van der Waals surface area contributed by atoms with Crippen molar-refractivity contribution in [1.29, 1.82) is 0 Å². The smallest absolute Gasteiger partial charge is 0.0225 e. The zero-order chi connectivity index (χ0) is 13.9. The summed E-state index contributed by atoms with van der Waals surface area (Å²) in [5.41, 5.74) is 0. The highest BCUT2D eigenvalue weighted by Gasteiger charge is 2.17. The monoisotopic (exact) mass is 273 g/mol. The average molecular weight is 274 g/mol. The van der Waals surface area contributed by atoms with Crippen LogP contribution in [0.15, 0.2) is 0 Å². The van der Waals surface area contributed by atoms with Gasteiger partial charge >= 0.3 is 0 Å². The first-order valence-electron chi connectivity index (χ1n) is 7.84. The summed E-state index contributed by atoms with van der Waals surface area (Å²) in [6, 6.07) is 0.745. The minimum Gasteiger partial charge on any atom is -0.313 e. The maximum Gasteiger partial charge on any atom is 0.0225 e. The van der Waals surface area contributed by atoms with Crippen LogP contribution < -0.4 is 5.32 Å². The van der Waals surface area contributed by atoms with Gasteiger partial charge in [0, 0.05) is 17.3 Å². The van der Waals surface area contributed by atoms with Crippen LogP contribution in [0.5, 0.6) is 0 Å². The van der Waals surface area contributed by atoms with Gasteiger partial charge in [-0.05, 0) is 32.9 Å². The second-order valence-corrected chi connectivity index (χ2v) is 7.55. The molecule has 2 heteroatoms. The van der Waals surface area contributed by atoms with Gasteiger partial charge in [0.05, 0.1) is 0 Å². The lowest BCUT2D eigenvalue weighted by atomic mass is 10.0. The van der Waals surface area contributed by atoms with Crippen LogP contribution in [0.1, 0.15) is 79.1 Å². The predicted octanol–water partition coefficient (Wildman–Crippen LogP) is 5.25. The Bertz CT molecular complexity index is 170. The number of nitrogens with one attached hydrogen (secondary N) is 1. The lowest BCUT2D eigenvalue weighted by Crippen LogP contribution is -2.38. The molecule has 0 spiro atoms. The molecule has 0 bridgehead atoms. The second kappa shape index (κ2) is 11.2. The lowest BCUT2D eigenvalue weighted by Gasteiger charge is -2.27. The third-order valence-electron chi connectivity index (χ3n) is 3.68. The molecular weight excluding hydrogens is 238 g/mol. The third kappa shape index (κ3) is 10.3. The number of rotatable bonds is 12. The minimum atomic E-state index is 0.369. The van der Waals surface area contributed by atoms with E-state index in [4.69, 9.17) is 0 Å². The van der Waals surface area contributed by atoms with Gasteiger partial charge < -0.3 is 5.32 Å². The molecule has 18 heavy (non-hydrogen) atoms. The Morgan fingerprint density at radius 1 is 0.944 bits per heavy atom. The molecule has 0 fully saturated rings. The van der Waals surface area contributed by atoms with E-state index in [1.54, 1.807) is 0 Å². The molecule has 110 valence electrons. The van der Waals surface area contributed by atoms with Crippen LogP contribution in [0.4, 0.5) is 0 Å². The van der Waals surface area contributed by atoms with Gasteiger partial charge in [-0.2, -0.15) is 11.8 Å². The minimum absolute atomic E-state index is 0.369. The molecule has 0 saturated heterocycles. The summed E-state index contributed by atoms with van der Waals surface area (Å²) >= 11 is 1.96. The van der Waals surface area contributed by atoms with E-state index in [1.807, 2.05) is 11.8 Å². The van der Waals surface area contributed by atoms with Crippen molar-refractivity contribution in [2.45, 2.75) is 89.9 Å². The molecule has 0 rings (SSSR count). The summed E-state index contributed by atoms with van der Waals surface area (Å²) in [5.74, 6) is 0. The van der Waals surface area contributed by atoms with E-state index in [1.165, 1.54) is 51.4 Å². The van der Waals surface area contributed by atoms with Crippen molar-refractivity contribution in [3.8, 4) is 0 Å². The molecule has 0 aliphatic carbocycles. The fourth-order valence-electron chi connectivity index (χ4n) is 2.09. The molecule has 0 aromatic carbocycles. The van der Waals surface area contributed by atoms with Crippen LogP contribution in [0.25, 0.3) is 0 Å². The molecule has 0 aliphatic heterocycles. The maximum absolute atomic E-state index is 3.81. The van der Waals surface area contributed by atoms with Crippen molar-refractivity contribution in [2.75, 3.05) is 12.8 Å². The van der Waals surface area contributed by atoms with Crippen LogP contribution in [-0.2, 0) is 0 Å². The first kappa shape index (κ1) is 18.3. The Morgan fingerprint density at radius 3 is 1.83 bits per heavy atom. The Morgan fingerprint density at radius 2 is 1.44 bits per heavy atom. The van der Waals surface area contributed by atoms with E-state index < -0.39 is 0 Å². The van der Waals surface area contributed by atoms with Crippen LogP contribution in [-0.4, -0.2) is 23.6 Å². The van der Waals surface area contributed by atoms with Crippen molar-refractivity contribution in [3.05, 3.63) is 0 Å². The zero-order valence-corrected chi connectivity index (χ0v) is 14.2. The second-order valence-electron chi connectivity index (χ2n) is 6.03. The van der Waals surface area contributed by atoms with Crippen molar-refractivity contribution >= 4 is 11.8 Å². The van der Waals surface area contributed by atoms with E-state index >= 15 is 0 Å². The van der Waals surface area contributed by atoms with Gasteiger partial charge in [-0.25, -0.2) is 0 Å². The largest absolute Gasteiger partial charge is 0.313 e. The van der Waals surface area contributed by atoms with Gasteiger partial charge in [0.15, 0.2) is 0 Å². The lowest BCUT2D eigenvalue weighted by molar-refractivity contribution is 0.405. The summed E-state index contributed by atoms with van der Waals surface area (Å²) in [5, 5.41) is 3.81. The summed E-state index contributed by atoms with van der Waals surface area (Å²) in [7, 11) is 0. The molecule has 0 radical (unpaired) electrons. The number of hydrogen-bond acceptors (Lipinski definition) is 2. The summed E-state index contributed by atoms with van der Waals surface area (Å²) in [4.78, 5) is 0. The number of hydrogen-bond donors (Lipinski definition) is 1. The first-order chi connectivity index (χ1) is 8.55. The van der Waals surface area contributed by atoms with Gasteiger partial charge in [-0.1, -0.05) is 52.4 Å². The highest BCUT2D eigenvalue weighted by molar-refractivity contribution is 7.99. The fraction of sp³-hybridized carbons (Fsp3) is 1.00. The third-order valence-corrected chi connectivity index (χ3v) is 4.93. The molecule has 1 nitrogen and oxygen atoms in total. The van der Waals surface area contributed by atoms with Gasteiger partial charge in [-0.15, -0.1) is 0 Å². The summed E-state index contributed by atoms with van der Waals surface area (Å²) in [6.07, 6.45) is 13.2. The van der Waals surface area contributed by atoms with Crippen molar-refractivity contribution < 1.29 is 0 Å². The molecule has 0 saturated carbocycles. The maximum atomic E-state index is 3.81. The van der Waals surface area contributed by atoms with E-state index in [0.717, 1.165) is 12.6 Å². The molecular formula is C16H35NS. The fourth-order valence-corrected chi connectivity index (χ4v) is 2.32. The van der Waals surface area contributed by atoms with Crippen molar-refractivity contribution in [3.63, 3.8) is 0 Å². The Balaban J connectivity index is 3.94. The highest BCUT2D eigenvalue weighted by atomic mass is 32.2. The van der Waals surface area contributed by atoms with Gasteiger partial charge in [0.1, 0.15) is 0 Å². The van der Waals surface area contributed by atoms with Gasteiger partial charge in [0.2, 0.25) is 0 Å². The molecule has 0 amide bonds. The molecule has 1 N–H and O–H groups in total. The van der Waals surface area contributed by atoms with Crippen molar-refractivity contribution in [1.82, 2.24) is 5.32 Å². The van der Waals surface area contributed by atoms with E-state index in [0.29, 0.717) is 4.75 Å². The predicted molar refractivity (Wildman–Crippen MR) is 87.7 cm³/mol. The highest BCUT2D eigenvalue weighted by Crippen LogP contribution is 2.21.